The van der Waals surface area contributed by atoms with Crippen LogP contribution in [0, 0.1) is 12.8 Å². The van der Waals surface area contributed by atoms with E-state index in [-0.39, 0.29) is 17.4 Å². The van der Waals surface area contributed by atoms with Crippen LogP contribution in [0.5, 0.6) is 0 Å². The molecule has 2 saturated heterocycles. The zero-order valence-corrected chi connectivity index (χ0v) is 21.2. The molecule has 0 amide bonds. The zero-order valence-electron chi connectivity index (χ0n) is 21.2. The summed E-state index contributed by atoms with van der Waals surface area (Å²) in [5.41, 5.74) is 2.49. The number of hydrogen-bond donors (Lipinski definition) is 1. The van der Waals surface area contributed by atoms with Gasteiger partial charge in [-0.2, -0.15) is 18.3 Å². The Morgan fingerprint density at radius 3 is 2.58 bits per heavy atom. The van der Waals surface area contributed by atoms with Crippen molar-refractivity contribution in [2.75, 3.05) is 26.3 Å². The molecule has 38 heavy (non-hydrogen) atoms. The molecule has 0 aliphatic carbocycles. The van der Waals surface area contributed by atoms with Crippen molar-refractivity contribution < 1.29 is 17.9 Å². The van der Waals surface area contributed by atoms with Gasteiger partial charge in [0.1, 0.15) is 0 Å². The predicted molar refractivity (Wildman–Crippen MR) is 137 cm³/mol. The number of fused-ring (bicyclic) bond motifs is 1. The fourth-order valence-corrected chi connectivity index (χ4v) is 5.78. The number of likely N-dealkylation sites (tertiary alicyclic amines) is 1. The molecule has 0 spiro atoms. The average molecular weight is 526 g/mol. The third-order valence-corrected chi connectivity index (χ3v) is 7.81. The molecular formula is C28H30F3N5O2. The van der Waals surface area contributed by atoms with Crippen LogP contribution >= 0.6 is 0 Å². The van der Waals surface area contributed by atoms with E-state index >= 15 is 0 Å². The van der Waals surface area contributed by atoms with Gasteiger partial charge in [-0.1, -0.05) is 18.6 Å². The lowest BCUT2D eigenvalue weighted by molar-refractivity contribution is -0.136. The Labute approximate surface area is 217 Å². The van der Waals surface area contributed by atoms with Gasteiger partial charge in [-0.3, -0.25) is 19.0 Å². The van der Waals surface area contributed by atoms with Crippen LogP contribution in [0.4, 0.5) is 13.2 Å². The minimum Gasteiger partial charge on any atom is -0.381 e. The monoisotopic (exact) mass is 525 g/mol. The van der Waals surface area contributed by atoms with E-state index in [0.29, 0.717) is 31.0 Å². The standard InChI is InChI=1S/C28H30F3N5O2/c1-18-12-32-33-26(18)25(21-16-38-17-21)20-6-5-7-22(11-20)35-15-24-23(28(29,30)31)10-19(14-36(24)27(35)37)13-34-8-3-2-4-9-34/h5-7,10-12,14-15,21,25H,2-4,8-9,13,16-17H2,1H3,(H,32,33). The van der Waals surface area contributed by atoms with Crippen molar-refractivity contribution >= 4 is 5.52 Å². The third-order valence-electron chi connectivity index (χ3n) is 7.81. The van der Waals surface area contributed by atoms with E-state index in [0.717, 1.165) is 53.6 Å². The quantitative estimate of drug-likeness (QED) is 0.389. The van der Waals surface area contributed by atoms with Crippen LogP contribution < -0.4 is 5.69 Å². The molecule has 0 bridgehead atoms. The van der Waals surface area contributed by atoms with E-state index in [2.05, 4.69) is 15.1 Å². The van der Waals surface area contributed by atoms with Crippen molar-refractivity contribution in [2.24, 2.45) is 5.92 Å². The van der Waals surface area contributed by atoms with E-state index < -0.39 is 17.4 Å². The number of aryl methyl sites for hydroxylation is 1. The fourth-order valence-electron chi connectivity index (χ4n) is 5.78. The SMILES string of the molecule is Cc1cn[nH]c1C(c1cccc(-n2cc3c(C(F)(F)F)cc(CN4CCCCC4)cn3c2=O)c1)C1COC1. The maximum atomic E-state index is 14.2. The molecule has 1 N–H and O–H groups in total. The molecule has 5 heterocycles. The summed E-state index contributed by atoms with van der Waals surface area (Å²) in [5, 5.41) is 7.28. The first-order valence-corrected chi connectivity index (χ1v) is 13.0. The number of alkyl halides is 3. The predicted octanol–water partition coefficient (Wildman–Crippen LogP) is 4.90. The summed E-state index contributed by atoms with van der Waals surface area (Å²) in [6.45, 7) is 5.30. The minimum atomic E-state index is -4.59. The number of benzene rings is 1. The summed E-state index contributed by atoms with van der Waals surface area (Å²) >= 11 is 0. The number of hydrogen-bond acceptors (Lipinski definition) is 4. The van der Waals surface area contributed by atoms with E-state index in [4.69, 9.17) is 4.74 Å². The van der Waals surface area contributed by atoms with E-state index in [1.54, 1.807) is 18.5 Å². The normalized spacial score (nSPS) is 18.1. The number of rotatable bonds is 6. The lowest BCUT2D eigenvalue weighted by atomic mass is 9.81. The molecule has 2 fully saturated rings. The Balaban J connectivity index is 1.43. The number of aromatic nitrogens is 4. The Bertz CT molecular complexity index is 1510. The molecule has 2 aliphatic heterocycles. The lowest BCUT2D eigenvalue weighted by Crippen LogP contribution is -2.34. The number of nitrogens with zero attached hydrogens (tertiary/aromatic N) is 4. The topological polar surface area (TPSA) is 67.6 Å². The first-order chi connectivity index (χ1) is 18.3. The van der Waals surface area contributed by atoms with Crippen molar-refractivity contribution in [1.82, 2.24) is 24.1 Å². The lowest BCUT2D eigenvalue weighted by Gasteiger charge is -2.34. The van der Waals surface area contributed by atoms with Crippen molar-refractivity contribution in [3.63, 3.8) is 0 Å². The van der Waals surface area contributed by atoms with Crippen LogP contribution in [0.15, 0.2) is 53.7 Å². The molecule has 1 atom stereocenters. The molecule has 200 valence electrons. The number of piperidine rings is 1. The first-order valence-electron chi connectivity index (χ1n) is 13.0. The molecule has 4 aromatic rings. The van der Waals surface area contributed by atoms with Crippen molar-refractivity contribution in [3.8, 4) is 5.69 Å². The van der Waals surface area contributed by atoms with Gasteiger partial charge in [0.2, 0.25) is 0 Å². The average Bonchev–Trinajstić information content (AvgIpc) is 3.44. The smallest absolute Gasteiger partial charge is 0.381 e. The highest BCUT2D eigenvalue weighted by Gasteiger charge is 2.35. The second-order valence-electron chi connectivity index (χ2n) is 10.5. The molecular weight excluding hydrogens is 495 g/mol. The van der Waals surface area contributed by atoms with Gasteiger partial charge < -0.3 is 4.74 Å². The van der Waals surface area contributed by atoms with Crippen LogP contribution in [0.1, 0.15) is 53.1 Å². The number of H-pyrrole nitrogens is 1. The molecule has 10 heteroatoms. The third kappa shape index (κ3) is 4.56. The van der Waals surface area contributed by atoms with Gasteiger partial charge >= 0.3 is 11.9 Å². The van der Waals surface area contributed by atoms with Crippen LogP contribution in [-0.2, 0) is 17.5 Å². The molecule has 2 aliphatic rings. The van der Waals surface area contributed by atoms with Crippen LogP contribution in [0.25, 0.3) is 11.2 Å². The van der Waals surface area contributed by atoms with Gasteiger partial charge in [0.15, 0.2) is 0 Å². The Kier molecular flexibility index (Phi) is 6.39. The largest absolute Gasteiger partial charge is 0.418 e. The Hall–Kier alpha value is -3.37. The molecule has 3 aromatic heterocycles. The number of imidazole rings is 1. The highest BCUT2D eigenvalue weighted by molar-refractivity contribution is 5.58. The van der Waals surface area contributed by atoms with Gasteiger partial charge in [0, 0.05) is 36.5 Å². The second-order valence-corrected chi connectivity index (χ2v) is 10.5. The van der Waals surface area contributed by atoms with Crippen molar-refractivity contribution in [3.05, 3.63) is 87.4 Å². The number of halogens is 3. The summed E-state index contributed by atoms with van der Waals surface area (Å²) < 4.78 is 50.4. The van der Waals surface area contributed by atoms with Crippen LogP contribution in [-0.4, -0.2) is 50.4 Å². The summed E-state index contributed by atoms with van der Waals surface area (Å²) in [7, 11) is 0. The molecule has 1 unspecified atom stereocenters. The second kappa shape index (κ2) is 9.74. The summed E-state index contributed by atoms with van der Waals surface area (Å²) in [4.78, 5) is 15.7. The van der Waals surface area contributed by atoms with Gasteiger partial charge in [-0.25, -0.2) is 4.79 Å². The van der Waals surface area contributed by atoms with E-state index in [9.17, 15) is 18.0 Å². The minimum absolute atomic E-state index is 0.0270. The van der Waals surface area contributed by atoms with Gasteiger partial charge in [-0.15, -0.1) is 0 Å². The van der Waals surface area contributed by atoms with Crippen molar-refractivity contribution in [1.29, 1.82) is 0 Å². The fraction of sp³-hybridized carbons (Fsp3) is 0.429. The zero-order chi connectivity index (χ0) is 26.4. The Morgan fingerprint density at radius 2 is 1.92 bits per heavy atom. The number of aromatic amines is 1. The number of nitrogens with one attached hydrogen (secondary N) is 1. The van der Waals surface area contributed by atoms with E-state index in [1.165, 1.54) is 16.8 Å². The Morgan fingerprint density at radius 1 is 1.13 bits per heavy atom. The van der Waals surface area contributed by atoms with Gasteiger partial charge in [0.05, 0.1) is 36.2 Å². The van der Waals surface area contributed by atoms with Gasteiger partial charge in [-0.05, 0) is 67.7 Å². The number of ether oxygens (including phenoxy) is 1. The summed E-state index contributed by atoms with van der Waals surface area (Å²) in [6, 6.07) is 8.64. The molecule has 7 nitrogen and oxygen atoms in total. The summed E-state index contributed by atoms with van der Waals surface area (Å²) in [5.74, 6) is 0.212. The summed E-state index contributed by atoms with van der Waals surface area (Å²) in [6.07, 6.45) is 3.26. The maximum Gasteiger partial charge on any atom is 0.418 e. The molecule has 0 saturated carbocycles. The first kappa shape index (κ1) is 24.9. The highest BCUT2D eigenvalue weighted by Crippen LogP contribution is 2.38. The highest BCUT2D eigenvalue weighted by atomic mass is 19.4. The van der Waals surface area contributed by atoms with Crippen molar-refractivity contribution in [2.45, 2.75) is 44.8 Å². The molecule has 6 rings (SSSR count). The number of pyridine rings is 1. The van der Waals surface area contributed by atoms with Crippen LogP contribution in [0.2, 0.25) is 0 Å². The maximum absolute atomic E-state index is 14.2. The molecule has 1 aromatic carbocycles. The van der Waals surface area contributed by atoms with E-state index in [1.807, 2.05) is 25.1 Å². The molecule has 0 radical (unpaired) electrons. The van der Waals surface area contributed by atoms with Gasteiger partial charge in [0.25, 0.3) is 0 Å². The van der Waals surface area contributed by atoms with Crippen LogP contribution in [0.3, 0.4) is 0 Å².